The number of carbonyl (C=O) groups is 4. The number of nitrogens with zero attached hydrogens (tertiary/aromatic N) is 2. The smallest absolute Gasteiger partial charge is 0.341 e. The second kappa shape index (κ2) is 11.1. The SMILES string of the molecule is Cc1ccc(C2C(=O)N(C)C(=O)C23CCN(C(=O)[C@H](NC(=O)c2cc(C(F)(F)F)ccc2F)C(C)C)CC3)cc1Cl. The van der Waals surface area contributed by atoms with Gasteiger partial charge in [0.1, 0.15) is 11.9 Å². The van der Waals surface area contributed by atoms with E-state index in [4.69, 9.17) is 11.6 Å². The van der Waals surface area contributed by atoms with Crippen LogP contribution in [0.25, 0.3) is 0 Å². The first-order valence-electron chi connectivity index (χ1n) is 13.1. The molecule has 2 fully saturated rings. The summed E-state index contributed by atoms with van der Waals surface area (Å²) in [4.78, 5) is 55.5. The van der Waals surface area contributed by atoms with Crippen LogP contribution >= 0.6 is 11.6 Å². The summed E-state index contributed by atoms with van der Waals surface area (Å²) in [5.74, 6) is -4.78. The Bertz CT molecular complexity index is 1400. The molecule has 2 atom stereocenters. The van der Waals surface area contributed by atoms with Crippen molar-refractivity contribution >= 4 is 35.2 Å². The van der Waals surface area contributed by atoms with Crippen LogP contribution in [0.5, 0.6) is 0 Å². The topological polar surface area (TPSA) is 86.8 Å². The molecular formula is C29H30ClF4N3O4. The third kappa shape index (κ3) is 5.56. The highest BCUT2D eigenvalue weighted by atomic mass is 35.5. The number of carbonyl (C=O) groups excluding carboxylic acids is 4. The quantitative estimate of drug-likeness (QED) is 0.391. The highest BCUT2D eigenvalue weighted by molar-refractivity contribution is 6.31. The van der Waals surface area contributed by atoms with Crippen molar-refractivity contribution in [2.24, 2.45) is 11.3 Å². The number of aryl methyl sites for hydroxylation is 1. The maximum absolute atomic E-state index is 14.3. The molecule has 2 aliphatic heterocycles. The minimum Gasteiger partial charge on any atom is -0.341 e. The maximum atomic E-state index is 14.3. The van der Waals surface area contributed by atoms with Gasteiger partial charge in [-0.25, -0.2) is 4.39 Å². The van der Waals surface area contributed by atoms with Gasteiger partial charge in [-0.2, -0.15) is 13.2 Å². The number of rotatable bonds is 5. The number of piperidine rings is 1. The van der Waals surface area contributed by atoms with Crippen molar-refractivity contribution in [3.63, 3.8) is 0 Å². The Morgan fingerprint density at radius 2 is 1.71 bits per heavy atom. The predicted molar refractivity (Wildman–Crippen MR) is 142 cm³/mol. The molecule has 2 aromatic carbocycles. The number of benzene rings is 2. The van der Waals surface area contributed by atoms with E-state index in [1.807, 2.05) is 6.92 Å². The molecule has 2 saturated heterocycles. The minimum atomic E-state index is -4.78. The van der Waals surface area contributed by atoms with E-state index < -0.39 is 58.2 Å². The number of likely N-dealkylation sites (N-methyl/N-ethyl adjacent to an activating group) is 1. The first kappa shape index (κ1) is 30.5. The van der Waals surface area contributed by atoms with Crippen molar-refractivity contribution in [2.45, 2.75) is 51.7 Å². The largest absolute Gasteiger partial charge is 0.416 e. The molecule has 220 valence electrons. The highest BCUT2D eigenvalue weighted by Gasteiger charge is 2.59. The van der Waals surface area contributed by atoms with Crippen molar-refractivity contribution in [3.8, 4) is 0 Å². The molecule has 0 aromatic heterocycles. The Kier molecular flexibility index (Phi) is 8.23. The third-order valence-corrected chi connectivity index (χ3v) is 8.52. The molecule has 41 heavy (non-hydrogen) atoms. The average Bonchev–Trinajstić information content (AvgIpc) is 3.08. The van der Waals surface area contributed by atoms with Crippen LogP contribution < -0.4 is 5.32 Å². The second-order valence-corrected chi connectivity index (χ2v) is 11.4. The minimum absolute atomic E-state index is 0.0960. The number of hydrogen-bond donors (Lipinski definition) is 1. The van der Waals surface area contributed by atoms with Crippen LogP contribution in [0.15, 0.2) is 36.4 Å². The summed E-state index contributed by atoms with van der Waals surface area (Å²) < 4.78 is 53.7. The molecule has 4 rings (SSSR count). The first-order valence-corrected chi connectivity index (χ1v) is 13.5. The van der Waals surface area contributed by atoms with Crippen molar-refractivity contribution in [2.75, 3.05) is 20.1 Å². The lowest BCUT2D eigenvalue weighted by atomic mass is 9.67. The van der Waals surface area contributed by atoms with E-state index in [2.05, 4.69) is 5.32 Å². The molecule has 2 aromatic rings. The molecule has 0 saturated carbocycles. The first-order chi connectivity index (χ1) is 19.1. The van der Waals surface area contributed by atoms with Crippen molar-refractivity contribution in [1.82, 2.24) is 15.1 Å². The standard InChI is InChI=1S/C29H30ClF4N3O4/c1-15(2)23(35-24(38)19-14-18(29(32,33)34)7-8-21(19)31)26(40)37-11-9-28(10-12-37)22(25(39)36(4)27(28)41)17-6-5-16(3)20(30)13-17/h5-8,13-15,22-23H,9-12H2,1-4H3,(H,35,38)/t22?,23-/m1/s1. The Hall–Kier alpha value is -3.47. The summed E-state index contributed by atoms with van der Waals surface area (Å²) in [5, 5.41) is 2.86. The van der Waals surface area contributed by atoms with Gasteiger partial charge in [-0.15, -0.1) is 0 Å². The average molecular weight is 596 g/mol. The summed E-state index contributed by atoms with van der Waals surface area (Å²) >= 11 is 6.32. The van der Waals surface area contributed by atoms with Crippen LogP contribution in [0, 0.1) is 24.1 Å². The fourth-order valence-corrected chi connectivity index (χ4v) is 5.86. The third-order valence-electron chi connectivity index (χ3n) is 8.11. The lowest BCUT2D eigenvalue weighted by molar-refractivity contribution is -0.144. The van der Waals surface area contributed by atoms with Crippen LogP contribution in [0.4, 0.5) is 17.6 Å². The van der Waals surface area contributed by atoms with E-state index >= 15 is 0 Å². The molecule has 1 N–H and O–H groups in total. The van der Waals surface area contributed by atoms with E-state index in [1.54, 1.807) is 32.0 Å². The molecule has 7 nitrogen and oxygen atoms in total. The second-order valence-electron chi connectivity index (χ2n) is 11.0. The van der Waals surface area contributed by atoms with Crippen LogP contribution in [-0.4, -0.2) is 59.6 Å². The molecule has 4 amide bonds. The molecular weight excluding hydrogens is 566 g/mol. The molecule has 0 bridgehead atoms. The number of amides is 4. The van der Waals surface area contributed by atoms with Gasteiger partial charge in [0, 0.05) is 25.2 Å². The molecule has 2 heterocycles. The highest BCUT2D eigenvalue weighted by Crippen LogP contribution is 2.51. The number of nitrogens with one attached hydrogen (secondary N) is 1. The summed E-state index contributed by atoms with van der Waals surface area (Å²) in [6, 6.07) is 5.57. The predicted octanol–water partition coefficient (Wildman–Crippen LogP) is 4.95. The number of halogens is 5. The van der Waals surface area contributed by atoms with Crippen molar-refractivity contribution in [3.05, 3.63) is 69.5 Å². The molecule has 1 spiro atoms. The van der Waals surface area contributed by atoms with E-state index in [-0.39, 0.29) is 37.7 Å². The van der Waals surface area contributed by atoms with Gasteiger partial charge < -0.3 is 10.2 Å². The van der Waals surface area contributed by atoms with Crippen LogP contribution in [-0.2, 0) is 20.6 Å². The fraction of sp³-hybridized carbons (Fsp3) is 0.448. The number of imide groups is 1. The van der Waals surface area contributed by atoms with Gasteiger partial charge in [0.25, 0.3) is 5.91 Å². The number of alkyl halides is 3. The van der Waals surface area contributed by atoms with Crippen molar-refractivity contribution in [1.29, 1.82) is 0 Å². The number of likely N-dealkylation sites (tertiary alicyclic amines) is 2. The summed E-state index contributed by atoms with van der Waals surface area (Å²) in [6.07, 6.45) is -4.44. The Labute approximate surface area is 239 Å². The van der Waals surface area contributed by atoms with Crippen LogP contribution in [0.1, 0.15) is 59.7 Å². The Morgan fingerprint density at radius 3 is 2.27 bits per heavy atom. The zero-order valence-corrected chi connectivity index (χ0v) is 23.7. The van der Waals surface area contributed by atoms with E-state index in [1.165, 1.54) is 11.9 Å². The van der Waals surface area contributed by atoms with Gasteiger partial charge in [0.2, 0.25) is 17.7 Å². The monoisotopic (exact) mass is 595 g/mol. The van der Waals surface area contributed by atoms with Gasteiger partial charge in [0.15, 0.2) is 0 Å². The zero-order valence-electron chi connectivity index (χ0n) is 22.9. The van der Waals surface area contributed by atoms with Crippen LogP contribution in [0.3, 0.4) is 0 Å². The van der Waals surface area contributed by atoms with E-state index in [0.29, 0.717) is 28.8 Å². The van der Waals surface area contributed by atoms with Gasteiger partial charge in [-0.1, -0.05) is 37.6 Å². The summed E-state index contributed by atoms with van der Waals surface area (Å²) in [7, 11) is 1.43. The summed E-state index contributed by atoms with van der Waals surface area (Å²) in [6.45, 7) is 5.30. The molecule has 1 unspecified atom stereocenters. The maximum Gasteiger partial charge on any atom is 0.416 e. The van der Waals surface area contributed by atoms with Crippen molar-refractivity contribution < 1.29 is 36.7 Å². The lowest BCUT2D eigenvalue weighted by Crippen LogP contribution is -2.55. The van der Waals surface area contributed by atoms with E-state index in [9.17, 15) is 36.7 Å². The normalized spacial score (nSPS) is 19.7. The molecule has 0 aliphatic carbocycles. The lowest BCUT2D eigenvalue weighted by Gasteiger charge is -2.41. The van der Waals surface area contributed by atoms with Gasteiger partial charge in [0.05, 0.1) is 22.5 Å². The Balaban J connectivity index is 1.54. The van der Waals surface area contributed by atoms with Gasteiger partial charge >= 0.3 is 6.18 Å². The molecule has 2 aliphatic rings. The Morgan fingerprint density at radius 1 is 1.07 bits per heavy atom. The van der Waals surface area contributed by atoms with E-state index in [0.717, 1.165) is 10.5 Å². The number of hydrogen-bond acceptors (Lipinski definition) is 4. The fourth-order valence-electron chi connectivity index (χ4n) is 5.67. The van der Waals surface area contributed by atoms with Gasteiger partial charge in [-0.05, 0) is 61.1 Å². The summed E-state index contributed by atoms with van der Waals surface area (Å²) in [5.41, 5.74) is -1.67. The molecule has 0 radical (unpaired) electrons. The zero-order chi connectivity index (χ0) is 30.4. The van der Waals surface area contributed by atoms with Gasteiger partial charge in [-0.3, -0.25) is 24.1 Å². The van der Waals surface area contributed by atoms with Crippen LogP contribution in [0.2, 0.25) is 5.02 Å². The molecule has 12 heteroatoms.